The highest BCUT2D eigenvalue weighted by Crippen LogP contribution is 2.24. The molecule has 1 heterocycles. The number of nitrogens with zero attached hydrogens (tertiary/aromatic N) is 4. The van der Waals surface area contributed by atoms with Crippen molar-refractivity contribution >= 4 is 27.6 Å². The Bertz CT molecular complexity index is 1690. The molecule has 101 heavy (non-hydrogen) atoms. The minimum atomic E-state index is -0.401. The van der Waals surface area contributed by atoms with Crippen molar-refractivity contribution in [1.29, 1.82) is 0 Å². The van der Waals surface area contributed by atoms with E-state index in [2.05, 4.69) is 95.9 Å². The van der Waals surface area contributed by atoms with Crippen LogP contribution in [0.25, 0.3) is 0 Å². The smallest absolute Gasteiger partial charge is 0.305 e. The number of allylic oxidation sites excluding steroid dienone is 8. The number of hydrogen-bond acceptors (Lipinski definition) is 12. The van der Waals surface area contributed by atoms with Crippen LogP contribution in [0.4, 0.5) is 0 Å². The van der Waals surface area contributed by atoms with Gasteiger partial charge in [-0.15, -0.1) is 0 Å². The van der Waals surface area contributed by atoms with Crippen LogP contribution in [0.2, 0.25) is 0 Å². The molecule has 1 fully saturated rings. The number of rotatable bonds is 81. The van der Waals surface area contributed by atoms with Crippen molar-refractivity contribution in [2.24, 2.45) is 0 Å². The predicted molar refractivity (Wildman–Crippen MR) is 448 cm³/mol. The summed E-state index contributed by atoms with van der Waals surface area (Å²) in [5.74, 6) is 2.13. The Balaban J connectivity index is 2.43. The lowest BCUT2D eigenvalue weighted by atomic mass is 10.1. The molecule has 1 aliphatic rings. The molecule has 12 heteroatoms. The first kappa shape index (κ1) is 97.8. The molecule has 0 aromatic carbocycles. The van der Waals surface area contributed by atoms with E-state index in [9.17, 15) is 25.2 Å². The van der Waals surface area contributed by atoms with Gasteiger partial charge >= 0.3 is 5.97 Å². The second kappa shape index (κ2) is 79.8. The molecule has 4 atom stereocenters. The third-order valence-corrected chi connectivity index (χ3v) is 23.3. The number of carbonyl (C=O) groups excluding carboxylic acids is 1. The molecule has 10 nitrogen and oxygen atoms in total. The molecule has 1 rings (SSSR count). The first-order valence-corrected chi connectivity index (χ1v) is 46.8. The van der Waals surface area contributed by atoms with Crippen LogP contribution in [-0.2, 0) is 9.53 Å². The molecule has 0 amide bonds. The van der Waals surface area contributed by atoms with Gasteiger partial charge in [0.05, 0.1) is 24.4 Å². The zero-order valence-electron chi connectivity index (χ0n) is 67.6. The lowest BCUT2D eigenvalue weighted by Crippen LogP contribution is -2.47. The summed E-state index contributed by atoms with van der Waals surface area (Å²) in [6.45, 7) is 19.8. The molecule has 0 spiro atoms. The van der Waals surface area contributed by atoms with Crippen molar-refractivity contribution in [3.63, 3.8) is 0 Å². The van der Waals surface area contributed by atoms with Crippen molar-refractivity contribution in [3.8, 4) is 0 Å². The highest BCUT2D eigenvalue weighted by Gasteiger charge is 2.20. The third kappa shape index (κ3) is 72.8. The zero-order chi connectivity index (χ0) is 72.9. The molecule has 0 radical (unpaired) electrons. The Morgan fingerprint density at radius 2 is 0.584 bits per heavy atom. The van der Waals surface area contributed by atoms with Crippen LogP contribution >= 0.6 is 21.6 Å². The van der Waals surface area contributed by atoms with Crippen LogP contribution in [0.15, 0.2) is 48.6 Å². The van der Waals surface area contributed by atoms with Gasteiger partial charge in [0.25, 0.3) is 0 Å². The van der Waals surface area contributed by atoms with Gasteiger partial charge in [-0.05, 0) is 167 Å². The van der Waals surface area contributed by atoms with Gasteiger partial charge in [-0.1, -0.05) is 303 Å². The highest BCUT2D eigenvalue weighted by atomic mass is 33.1. The normalized spacial score (nSPS) is 14.8. The summed E-state index contributed by atoms with van der Waals surface area (Å²) < 4.78 is 5.77. The van der Waals surface area contributed by atoms with E-state index in [0.717, 1.165) is 167 Å². The molecule has 4 N–H and O–H groups in total. The Labute approximate surface area is 636 Å². The average molecular weight is 1460 g/mol. The molecule has 0 bridgehead atoms. The molecule has 1 saturated heterocycles. The number of piperazine rings is 1. The van der Waals surface area contributed by atoms with Gasteiger partial charge in [0.1, 0.15) is 6.61 Å². The second-order valence-corrected chi connectivity index (χ2v) is 33.6. The van der Waals surface area contributed by atoms with E-state index < -0.39 is 12.2 Å². The summed E-state index contributed by atoms with van der Waals surface area (Å²) in [6.07, 6.45) is 86.1. The molecule has 0 aromatic heterocycles. The van der Waals surface area contributed by atoms with Gasteiger partial charge in [0.2, 0.25) is 0 Å². The van der Waals surface area contributed by atoms with Gasteiger partial charge in [-0.3, -0.25) is 24.4 Å². The largest absolute Gasteiger partial charge is 0.464 e. The first-order valence-electron chi connectivity index (χ1n) is 44.3. The maximum absolute atomic E-state index is 12.9. The van der Waals surface area contributed by atoms with Crippen molar-refractivity contribution in [2.45, 2.75) is 418 Å². The van der Waals surface area contributed by atoms with E-state index in [-0.39, 0.29) is 18.2 Å². The fourth-order valence-corrected chi connectivity index (χ4v) is 16.3. The van der Waals surface area contributed by atoms with Crippen LogP contribution in [0.1, 0.15) is 394 Å². The van der Waals surface area contributed by atoms with E-state index in [1.54, 1.807) is 0 Å². The topological polar surface area (TPSA) is 120 Å². The number of aliphatic hydroxyl groups excluding tert-OH is 4. The summed E-state index contributed by atoms with van der Waals surface area (Å²) in [5.41, 5.74) is 0. The number of aliphatic hydroxyl groups is 4. The summed E-state index contributed by atoms with van der Waals surface area (Å²) in [7, 11) is 3.99. The maximum Gasteiger partial charge on any atom is 0.305 e. The SMILES string of the molecule is CCCCCCCC/C=C\CCCCCC[C@@H](O)CN(CCCCC(=O)OCCN1CCN(CCSSCCCCN(C[C@@H](O)CCCCCC/C=C\CCCCCCCC)C[C@@H](O)CCCCCC/C=C\CCCCCCCC)CC1)C[C@H](O)CCCCCC/C=C\CCCCCCCC. The molecule has 0 saturated carbocycles. The lowest BCUT2D eigenvalue weighted by Gasteiger charge is -2.34. The van der Waals surface area contributed by atoms with Crippen molar-refractivity contribution in [1.82, 2.24) is 19.6 Å². The summed E-state index contributed by atoms with van der Waals surface area (Å²) in [6, 6.07) is 0. The van der Waals surface area contributed by atoms with E-state index in [1.165, 1.54) is 257 Å². The van der Waals surface area contributed by atoms with Crippen LogP contribution < -0.4 is 0 Å². The molecule has 596 valence electrons. The van der Waals surface area contributed by atoms with Crippen LogP contribution in [-0.4, -0.2) is 167 Å². The fraction of sp³-hybridized carbons (Fsp3) is 0.899. The highest BCUT2D eigenvalue weighted by molar-refractivity contribution is 8.76. The fourth-order valence-electron chi connectivity index (χ4n) is 14.1. The molecule has 0 aromatic rings. The van der Waals surface area contributed by atoms with Crippen molar-refractivity contribution < 1.29 is 30.0 Å². The molecule has 0 aliphatic carbocycles. The van der Waals surface area contributed by atoms with Crippen LogP contribution in [0.3, 0.4) is 0 Å². The van der Waals surface area contributed by atoms with Crippen molar-refractivity contribution in [2.75, 3.05) is 96.6 Å². The number of ether oxygens (including phenoxy) is 1. The Kier molecular flexibility index (Phi) is 77.3. The van der Waals surface area contributed by atoms with Gasteiger partial charge in [0.15, 0.2) is 0 Å². The van der Waals surface area contributed by atoms with E-state index in [1.807, 2.05) is 21.6 Å². The number of hydrogen-bond donors (Lipinski definition) is 4. The van der Waals surface area contributed by atoms with Gasteiger partial charge < -0.3 is 25.2 Å². The minimum Gasteiger partial charge on any atom is -0.464 e. The number of unbranched alkanes of at least 4 members (excludes halogenated alkanes) is 42. The quantitative estimate of drug-likeness (QED) is 0.0201. The van der Waals surface area contributed by atoms with E-state index in [4.69, 9.17) is 4.74 Å². The molecule has 0 unspecified atom stereocenters. The van der Waals surface area contributed by atoms with E-state index in [0.29, 0.717) is 39.2 Å². The van der Waals surface area contributed by atoms with Crippen LogP contribution in [0.5, 0.6) is 0 Å². The average Bonchev–Trinajstić information content (AvgIpc) is 1.10. The Hall–Kier alpha value is -1.19. The lowest BCUT2D eigenvalue weighted by molar-refractivity contribution is -0.144. The van der Waals surface area contributed by atoms with Gasteiger partial charge in [-0.2, -0.15) is 0 Å². The summed E-state index contributed by atoms with van der Waals surface area (Å²) >= 11 is 0. The second-order valence-electron chi connectivity index (χ2n) is 30.9. The summed E-state index contributed by atoms with van der Waals surface area (Å²) in [4.78, 5) is 22.6. The third-order valence-electron chi connectivity index (χ3n) is 20.8. The van der Waals surface area contributed by atoms with Crippen LogP contribution in [0, 0.1) is 0 Å². The molecular formula is C89H172N4O6S2. The van der Waals surface area contributed by atoms with Crippen molar-refractivity contribution in [3.05, 3.63) is 48.6 Å². The predicted octanol–water partition coefficient (Wildman–Crippen LogP) is 24.1. The number of esters is 1. The minimum absolute atomic E-state index is 0.116. The first-order chi connectivity index (χ1) is 49.7. The summed E-state index contributed by atoms with van der Waals surface area (Å²) in [5, 5.41) is 44.8. The van der Waals surface area contributed by atoms with E-state index >= 15 is 0 Å². The monoisotopic (exact) mass is 1460 g/mol. The molecular weight excluding hydrogens is 1290 g/mol. The molecule has 1 aliphatic heterocycles. The number of carbonyl (C=O) groups is 1. The maximum atomic E-state index is 12.9. The standard InChI is InChI=1S/C89H172N4O6S2/c1-5-9-13-17-21-25-29-33-37-41-45-49-53-57-65-85(94)81-92(82-86(95)66-58-54-50-46-42-38-34-30-26-22-18-14-10-6-2)70-62-61-69-89(98)99-78-76-90-72-74-91(75-73-90)77-80-101-100-79-64-63-71-93(83-87(96)67-59-55-51-47-43-39-35-31-27-23-19-15-11-7-3)84-88(97)68-60-56-52-48-44-40-36-32-28-24-20-16-12-8-4/h33-40,85-88,94-97H,5-32,41-84H2,1-4H3/b37-33-,38-34-,39-35-,40-36-/t85-,86-,87+,88+/m1/s1. The van der Waals surface area contributed by atoms with Gasteiger partial charge in [0, 0.05) is 83.4 Å². The zero-order valence-corrected chi connectivity index (χ0v) is 69.2. The van der Waals surface area contributed by atoms with Gasteiger partial charge in [-0.25, -0.2) is 0 Å². The Morgan fingerprint density at radius 1 is 0.327 bits per heavy atom. The Morgan fingerprint density at radius 3 is 0.891 bits per heavy atom.